The average Bonchev–Trinajstić information content (AvgIpc) is 2.87. The molecule has 2 fully saturated rings. The number of benzene rings is 1. The van der Waals surface area contributed by atoms with E-state index >= 15 is 0 Å². The lowest BCUT2D eigenvalue weighted by atomic mass is 10.1. The highest BCUT2D eigenvalue weighted by atomic mass is 19.1. The molecule has 2 aliphatic heterocycles. The summed E-state index contributed by atoms with van der Waals surface area (Å²) in [7, 11) is 0. The number of piperidine rings is 1. The molecule has 0 aliphatic carbocycles. The van der Waals surface area contributed by atoms with Crippen molar-refractivity contribution in [3.63, 3.8) is 0 Å². The first-order chi connectivity index (χ1) is 9.81. The van der Waals surface area contributed by atoms with Crippen LogP contribution < -0.4 is 0 Å². The van der Waals surface area contributed by atoms with Crippen molar-refractivity contribution in [2.75, 3.05) is 26.2 Å². The third kappa shape index (κ3) is 3.58. The smallest absolute Gasteiger partial charge is 0.123 e. The SMILES string of the molecule is Fc1cccc(CN2CCCC2CN2CCCCC2)c1. The van der Waals surface area contributed by atoms with E-state index in [4.69, 9.17) is 0 Å². The largest absolute Gasteiger partial charge is 0.302 e. The van der Waals surface area contributed by atoms with Crippen molar-refractivity contribution in [3.05, 3.63) is 35.6 Å². The van der Waals surface area contributed by atoms with Crippen molar-refractivity contribution in [1.29, 1.82) is 0 Å². The molecule has 2 nitrogen and oxygen atoms in total. The summed E-state index contributed by atoms with van der Waals surface area (Å²) < 4.78 is 13.3. The van der Waals surface area contributed by atoms with E-state index in [2.05, 4.69) is 9.80 Å². The Kier molecular flexibility index (Phi) is 4.69. The second-order valence-corrected chi connectivity index (χ2v) is 6.26. The number of likely N-dealkylation sites (tertiary alicyclic amines) is 2. The zero-order chi connectivity index (χ0) is 13.8. The molecular weight excluding hydrogens is 251 g/mol. The molecule has 2 heterocycles. The maximum Gasteiger partial charge on any atom is 0.123 e. The monoisotopic (exact) mass is 276 g/mol. The Morgan fingerprint density at radius 2 is 1.90 bits per heavy atom. The minimum Gasteiger partial charge on any atom is -0.302 e. The van der Waals surface area contributed by atoms with Gasteiger partial charge in [-0.3, -0.25) is 4.90 Å². The first-order valence-electron chi connectivity index (χ1n) is 8.02. The van der Waals surface area contributed by atoms with Gasteiger partial charge in [0.05, 0.1) is 0 Å². The number of hydrogen-bond donors (Lipinski definition) is 0. The normalized spacial score (nSPS) is 25.1. The fourth-order valence-electron chi connectivity index (χ4n) is 3.62. The van der Waals surface area contributed by atoms with Crippen LogP contribution in [0.3, 0.4) is 0 Å². The van der Waals surface area contributed by atoms with E-state index in [1.54, 1.807) is 6.07 Å². The van der Waals surface area contributed by atoms with Crippen molar-refractivity contribution in [2.45, 2.75) is 44.7 Å². The van der Waals surface area contributed by atoms with Gasteiger partial charge in [-0.05, 0) is 63.0 Å². The molecular formula is C17H25FN2. The average molecular weight is 276 g/mol. The lowest BCUT2D eigenvalue weighted by Crippen LogP contribution is -2.42. The van der Waals surface area contributed by atoms with Crippen molar-refractivity contribution in [3.8, 4) is 0 Å². The Hall–Kier alpha value is -0.930. The fourth-order valence-corrected chi connectivity index (χ4v) is 3.62. The maximum atomic E-state index is 13.3. The van der Waals surface area contributed by atoms with Crippen molar-refractivity contribution < 1.29 is 4.39 Å². The van der Waals surface area contributed by atoms with E-state index in [1.165, 1.54) is 57.8 Å². The highest BCUT2D eigenvalue weighted by Gasteiger charge is 2.26. The van der Waals surface area contributed by atoms with Gasteiger partial charge < -0.3 is 4.90 Å². The third-order valence-electron chi connectivity index (χ3n) is 4.69. The molecule has 0 spiro atoms. The molecule has 2 aliphatic rings. The minimum atomic E-state index is -0.116. The Balaban J connectivity index is 1.57. The van der Waals surface area contributed by atoms with Gasteiger partial charge in [0.2, 0.25) is 0 Å². The van der Waals surface area contributed by atoms with Crippen LogP contribution in [0, 0.1) is 5.82 Å². The van der Waals surface area contributed by atoms with E-state index in [0.717, 1.165) is 18.7 Å². The second-order valence-electron chi connectivity index (χ2n) is 6.26. The van der Waals surface area contributed by atoms with Crippen LogP contribution in [0.5, 0.6) is 0 Å². The standard InChI is InChI=1S/C17H25FN2/c18-16-7-4-6-15(12-16)13-20-11-5-8-17(20)14-19-9-2-1-3-10-19/h4,6-7,12,17H,1-3,5,8-11,13-14H2. The number of halogens is 1. The number of nitrogens with zero attached hydrogens (tertiary/aromatic N) is 2. The predicted molar refractivity (Wildman–Crippen MR) is 80.1 cm³/mol. The first-order valence-corrected chi connectivity index (χ1v) is 8.02. The van der Waals surface area contributed by atoms with Gasteiger partial charge in [0, 0.05) is 19.1 Å². The van der Waals surface area contributed by atoms with Gasteiger partial charge in [-0.25, -0.2) is 4.39 Å². The Bertz CT molecular complexity index is 429. The van der Waals surface area contributed by atoms with Crippen molar-refractivity contribution in [1.82, 2.24) is 9.80 Å². The lowest BCUT2D eigenvalue weighted by molar-refractivity contribution is 0.149. The van der Waals surface area contributed by atoms with Crippen LogP contribution in [0.15, 0.2) is 24.3 Å². The van der Waals surface area contributed by atoms with Gasteiger partial charge in [-0.15, -0.1) is 0 Å². The number of rotatable bonds is 4. The van der Waals surface area contributed by atoms with Crippen molar-refractivity contribution in [2.24, 2.45) is 0 Å². The van der Waals surface area contributed by atoms with Gasteiger partial charge >= 0.3 is 0 Å². The van der Waals surface area contributed by atoms with Crippen LogP contribution >= 0.6 is 0 Å². The molecule has 20 heavy (non-hydrogen) atoms. The van der Waals surface area contributed by atoms with E-state index in [9.17, 15) is 4.39 Å². The van der Waals surface area contributed by atoms with Gasteiger partial charge in [0.25, 0.3) is 0 Å². The van der Waals surface area contributed by atoms with Gasteiger partial charge in [-0.1, -0.05) is 18.6 Å². The molecule has 2 saturated heterocycles. The third-order valence-corrected chi connectivity index (χ3v) is 4.69. The lowest BCUT2D eigenvalue weighted by Gasteiger charge is -2.33. The molecule has 1 aromatic carbocycles. The molecule has 0 amide bonds. The molecule has 1 atom stereocenters. The summed E-state index contributed by atoms with van der Waals surface area (Å²) in [5.41, 5.74) is 1.11. The Morgan fingerprint density at radius 1 is 1.05 bits per heavy atom. The van der Waals surface area contributed by atoms with Crippen LogP contribution in [0.2, 0.25) is 0 Å². The van der Waals surface area contributed by atoms with E-state index in [0.29, 0.717) is 6.04 Å². The molecule has 3 heteroatoms. The first kappa shape index (κ1) is 14.0. The molecule has 1 aromatic rings. The topological polar surface area (TPSA) is 6.48 Å². The molecule has 3 rings (SSSR count). The summed E-state index contributed by atoms with van der Waals surface area (Å²) in [6, 6.07) is 7.73. The summed E-state index contributed by atoms with van der Waals surface area (Å²) in [4.78, 5) is 5.17. The molecule has 0 N–H and O–H groups in total. The van der Waals surface area contributed by atoms with Crippen LogP contribution in [0.1, 0.15) is 37.7 Å². The summed E-state index contributed by atoms with van der Waals surface area (Å²) in [5, 5.41) is 0. The molecule has 1 unspecified atom stereocenters. The van der Waals surface area contributed by atoms with Crippen LogP contribution in [0.25, 0.3) is 0 Å². The Labute approximate surface area is 121 Å². The van der Waals surface area contributed by atoms with Gasteiger partial charge in [-0.2, -0.15) is 0 Å². The molecule has 0 saturated carbocycles. The molecule has 110 valence electrons. The molecule has 0 bridgehead atoms. The summed E-state index contributed by atoms with van der Waals surface area (Å²) >= 11 is 0. The number of hydrogen-bond acceptors (Lipinski definition) is 2. The summed E-state index contributed by atoms with van der Waals surface area (Å²) in [6.45, 7) is 5.80. The van der Waals surface area contributed by atoms with Crippen LogP contribution in [-0.2, 0) is 6.54 Å². The van der Waals surface area contributed by atoms with E-state index in [1.807, 2.05) is 12.1 Å². The highest BCUT2D eigenvalue weighted by Crippen LogP contribution is 2.22. The van der Waals surface area contributed by atoms with Gasteiger partial charge in [0.1, 0.15) is 5.82 Å². The summed E-state index contributed by atoms with van der Waals surface area (Å²) in [6.07, 6.45) is 6.70. The van der Waals surface area contributed by atoms with Gasteiger partial charge in [0.15, 0.2) is 0 Å². The zero-order valence-corrected chi connectivity index (χ0v) is 12.2. The summed E-state index contributed by atoms with van der Waals surface area (Å²) in [5.74, 6) is -0.116. The van der Waals surface area contributed by atoms with Crippen LogP contribution in [-0.4, -0.2) is 42.0 Å². The van der Waals surface area contributed by atoms with E-state index in [-0.39, 0.29) is 5.82 Å². The quantitative estimate of drug-likeness (QED) is 0.832. The predicted octanol–water partition coefficient (Wildman–Crippen LogP) is 3.28. The van der Waals surface area contributed by atoms with Crippen molar-refractivity contribution >= 4 is 0 Å². The fraction of sp³-hybridized carbons (Fsp3) is 0.647. The second kappa shape index (κ2) is 6.68. The van der Waals surface area contributed by atoms with E-state index < -0.39 is 0 Å². The maximum absolute atomic E-state index is 13.3. The molecule has 0 radical (unpaired) electrons. The Morgan fingerprint density at radius 3 is 2.70 bits per heavy atom. The zero-order valence-electron chi connectivity index (χ0n) is 12.2. The highest BCUT2D eigenvalue weighted by molar-refractivity contribution is 5.16. The van der Waals surface area contributed by atoms with Crippen LogP contribution in [0.4, 0.5) is 4.39 Å². The molecule has 0 aromatic heterocycles. The minimum absolute atomic E-state index is 0.116.